The second-order valence-electron chi connectivity index (χ2n) is 6.33. The topological polar surface area (TPSA) is 88.7 Å². The molecule has 31 heavy (non-hydrogen) atoms. The van der Waals surface area contributed by atoms with Crippen LogP contribution in [0.2, 0.25) is 0 Å². The van der Waals surface area contributed by atoms with Gasteiger partial charge in [-0.05, 0) is 42.0 Å². The lowest BCUT2D eigenvalue weighted by molar-refractivity contribution is -0.384. The molecule has 0 bridgehead atoms. The number of anilines is 1. The van der Waals surface area contributed by atoms with E-state index in [0.29, 0.717) is 10.2 Å². The summed E-state index contributed by atoms with van der Waals surface area (Å²) in [7, 11) is 0. The van der Waals surface area contributed by atoms with E-state index in [4.69, 9.17) is 0 Å². The summed E-state index contributed by atoms with van der Waals surface area (Å²) in [5.41, 5.74) is 1.10. The highest BCUT2D eigenvalue weighted by Gasteiger charge is 2.23. The number of rotatable bonds is 5. The number of carbonyl (C=O) groups is 1. The van der Waals surface area contributed by atoms with Gasteiger partial charge in [0.1, 0.15) is 5.82 Å². The summed E-state index contributed by atoms with van der Waals surface area (Å²) in [6, 6.07) is 16.7. The zero-order valence-electron chi connectivity index (χ0n) is 15.6. The lowest BCUT2D eigenvalue weighted by atomic mass is 10.2. The number of hydrogen-bond acceptors (Lipinski definition) is 6. The van der Waals surface area contributed by atoms with Gasteiger partial charge in [-0.25, -0.2) is 9.37 Å². The first-order valence-corrected chi connectivity index (χ1v) is 10.5. The average Bonchev–Trinajstić information content (AvgIpc) is 3.18. The van der Waals surface area contributed by atoms with Gasteiger partial charge >= 0.3 is 0 Å². The Kier molecular flexibility index (Phi) is 5.83. The van der Waals surface area contributed by atoms with Gasteiger partial charge in [0.05, 0.1) is 21.4 Å². The van der Waals surface area contributed by atoms with Crippen molar-refractivity contribution >= 4 is 60.4 Å². The summed E-state index contributed by atoms with van der Waals surface area (Å²) in [5, 5.41) is 16.7. The van der Waals surface area contributed by atoms with Crippen LogP contribution in [0.4, 0.5) is 15.2 Å². The number of nitro groups is 1. The third-order valence-electron chi connectivity index (χ3n) is 4.21. The molecule has 4 rings (SSSR count). The molecule has 0 unspecified atom stereocenters. The summed E-state index contributed by atoms with van der Waals surface area (Å²) in [4.78, 5) is 28.1. The third-order valence-corrected chi connectivity index (χ3v) is 5.73. The highest BCUT2D eigenvalue weighted by Crippen LogP contribution is 2.31. The molecule has 0 saturated carbocycles. The summed E-state index contributed by atoms with van der Waals surface area (Å²) in [6.07, 6.45) is 1.48. The predicted molar refractivity (Wildman–Crippen MR) is 121 cm³/mol. The Labute approximate surface area is 187 Å². The molecule has 1 amide bonds. The Morgan fingerprint density at radius 1 is 1.16 bits per heavy atom. The SMILES string of the molecule is O=C(c1cccc([N+](=O)[O-])c1)N(/N=C/c1ccc(Br)cc1)c1nc2ccc(F)cc2s1. The number of halogens is 2. The van der Waals surface area contributed by atoms with Crippen molar-refractivity contribution in [3.05, 3.63) is 98.3 Å². The fourth-order valence-corrected chi connectivity index (χ4v) is 3.92. The number of thiazole rings is 1. The van der Waals surface area contributed by atoms with E-state index in [1.165, 1.54) is 48.7 Å². The molecule has 0 fully saturated rings. The Balaban J connectivity index is 1.77. The number of nitro benzene ring substituents is 1. The molecule has 0 saturated heterocycles. The lowest BCUT2D eigenvalue weighted by Crippen LogP contribution is -2.25. The molecule has 0 spiro atoms. The molecular weight excluding hydrogens is 487 g/mol. The van der Waals surface area contributed by atoms with E-state index in [1.807, 2.05) is 12.1 Å². The smallest absolute Gasteiger partial charge is 0.267 e. The normalized spacial score (nSPS) is 11.2. The summed E-state index contributed by atoms with van der Waals surface area (Å²) in [5.74, 6) is -1.02. The van der Waals surface area contributed by atoms with Crippen LogP contribution in [0.5, 0.6) is 0 Å². The van der Waals surface area contributed by atoms with E-state index in [-0.39, 0.29) is 16.4 Å². The van der Waals surface area contributed by atoms with Crippen molar-refractivity contribution in [2.45, 2.75) is 0 Å². The van der Waals surface area contributed by atoms with Gasteiger partial charge in [-0.3, -0.25) is 14.9 Å². The molecule has 10 heteroatoms. The van der Waals surface area contributed by atoms with Crippen molar-refractivity contribution in [1.29, 1.82) is 0 Å². The predicted octanol–water partition coefficient (Wildman–Crippen LogP) is 5.79. The van der Waals surface area contributed by atoms with Gasteiger partial charge in [0.2, 0.25) is 5.13 Å². The summed E-state index contributed by atoms with van der Waals surface area (Å²) in [6.45, 7) is 0. The van der Waals surface area contributed by atoms with Crippen LogP contribution < -0.4 is 5.01 Å². The van der Waals surface area contributed by atoms with Gasteiger partial charge in [-0.2, -0.15) is 10.1 Å². The molecule has 1 aromatic heterocycles. The van der Waals surface area contributed by atoms with Crippen LogP contribution in [0, 0.1) is 15.9 Å². The third kappa shape index (κ3) is 4.65. The number of nitrogens with zero attached hydrogens (tertiary/aromatic N) is 4. The van der Waals surface area contributed by atoms with Crippen LogP contribution >= 0.6 is 27.3 Å². The number of amides is 1. The van der Waals surface area contributed by atoms with Crippen molar-refractivity contribution in [2.75, 3.05) is 5.01 Å². The van der Waals surface area contributed by atoms with Crippen molar-refractivity contribution in [3.8, 4) is 0 Å². The maximum Gasteiger partial charge on any atom is 0.281 e. The van der Waals surface area contributed by atoms with Crippen LogP contribution in [-0.4, -0.2) is 22.0 Å². The molecule has 7 nitrogen and oxygen atoms in total. The molecular formula is C21H12BrFN4O3S. The molecule has 0 aliphatic heterocycles. The van der Waals surface area contributed by atoms with Gasteiger partial charge in [0, 0.05) is 22.2 Å². The van der Waals surface area contributed by atoms with Gasteiger partial charge in [-0.1, -0.05) is 45.5 Å². The number of benzene rings is 3. The van der Waals surface area contributed by atoms with E-state index < -0.39 is 16.6 Å². The standard InChI is InChI=1S/C21H12BrFN4O3S/c22-15-6-4-13(5-7-15)12-24-26(20(28)14-2-1-3-17(10-14)27(29)30)21-25-18-9-8-16(23)11-19(18)31-21/h1-12H/b24-12+. The highest BCUT2D eigenvalue weighted by molar-refractivity contribution is 9.10. The number of hydrazone groups is 1. The minimum Gasteiger partial charge on any atom is -0.267 e. The van der Waals surface area contributed by atoms with E-state index in [0.717, 1.165) is 26.4 Å². The van der Waals surface area contributed by atoms with Crippen LogP contribution in [0.1, 0.15) is 15.9 Å². The molecule has 0 aliphatic rings. The minimum absolute atomic E-state index is 0.0765. The van der Waals surface area contributed by atoms with Gasteiger partial charge < -0.3 is 0 Å². The average molecular weight is 499 g/mol. The molecule has 4 aromatic rings. The highest BCUT2D eigenvalue weighted by atomic mass is 79.9. The van der Waals surface area contributed by atoms with Crippen molar-refractivity contribution in [3.63, 3.8) is 0 Å². The molecule has 0 radical (unpaired) electrons. The van der Waals surface area contributed by atoms with Crippen molar-refractivity contribution in [1.82, 2.24) is 4.98 Å². The second kappa shape index (κ2) is 8.70. The first kappa shape index (κ1) is 20.8. The Morgan fingerprint density at radius 3 is 2.68 bits per heavy atom. The molecule has 1 heterocycles. The van der Waals surface area contributed by atoms with E-state index >= 15 is 0 Å². The Bertz CT molecular complexity index is 1320. The molecule has 0 N–H and O–H groups in total. The van der Waals surface area contributed by atoms with Gasteiger partial charge in [0.25, 0.3) is 11.6 Å². The van der Waals surface area contributed by atoms with Crippen LogP contribution in [0.25, 0.3) is 10.2 Å². The summed E-state index contributed by atoms with van der Waals surface area (Å²) < 4.78 is 15.0. The molecule has 0 aliphatic carbocycles. The van der Waals surface area contributed by atoms with Crippen LogP contribution in [0.3, 0.4) is 0 Å². The van der Waals surface area contributed by atoms with Gasteiger partial charge in [-0.15, -0.1) is 0 Å². The van der Waals surface area contributed by atoms with Crippen molar-refractivity contribution < 1.29 is 14.1 Å². The maximum absolute atomic E-state index is 13.6. The molecule has 3 aromatic carbocycles. The van der Waals surface area contributed by atoms with Crippen molar-refractivity contribution in [2.24, 2.45) is 5.10 Å². The lowest BCUT2D eigenvalue weighted by Gasteiger charge is -2.13. The number of fused-ring (bicyclic) bond motifs is 1. The van der Waals surface area contributed by atoms with E-state index in [9.17, 15) is 19.3 Å². The van der Waals surface area contributed by atoms with Gasteiger partial charge in [0.15, 0.2) is 0 Å². The number of hydrogen-bond donors (Lipinski definition) is 0. The van der Waals surface area contributed by atoms with Crippen LogP contribution in [-0.2, 0) is 0 Å². The zero-order chi connectivity index (χ0) is 22.0. The maximum atomic E-state index is 13.6. The first-order chi connectivity index (χ1) is 14.9. The first-order valence-electron chi connectivity index (χ1n) is 8.85. The largest absolute Gasteiger partial charge is 0.281 e. The van der Waals surface area contributed by atoms with E-state index in [2.05, 4.69) is 26.0 Å². The second-order valence-corrected chi connectivity index (χ2v) is 8.25. The minimum atomic E-state index is -0.600. The quantitative estimate of drug-likeness (QED) is 0.198. The molecule has 0 atom stereocenters. The Morgan fingerprint density at radius 2 is 1.94 bits per heavy atom. The molecule has 154 valence electrons. The zero-order valence-corrected chi connectivity index (χ0v) is 18.0. The fraction of sp³-hybridized carbons (Fsp3) is 0. The number of carbonyl (C=O) groups excluding carboxylic acids is 1. The fourth-order valence-electron chi connectivity index (χ4n) is 2.71. The number of aromatic nitrogens is 1. The number of non-ortho nitro benzene ring substituents is 1. The van der Waals surface area contributed by atoms with E-state index in [1.54, 1.807) is 12.1 Å². The van der Waals surface area contributed by atoms with Crippen LogP contribution in [0.15, 0.2) is 76.3 Å². The summed E-state index contributed by atoms with van der Waals surface area (Å²) >= 11 is 4.45. The monoisotopic (exact) mass is 498 g/mol. The Hall–Kier alpha value is -3.50.